The van der Waals surface area contributed by atoms with Gasteiger partial charge in [0.25, 0.3) is 0 Å². The lowest BCUT2D eigenvalue weighted by molar-refractivity contribution is -0.178. The van der Waals surface area contributed by atoms with Crippen LogP contribution in [0, 0.1) is 0 Å². The zero-order valence-electron chi connectivity index (χ0n) is 19.3. The first-order valence-corrected chi connectivity index (χ1v) is 10.2. The second-order valence-electron chi connectivity index (χ2n) is 6.27. The highest BCUT2D eigenvalue weighted by atomic mass is 16.6. The average molecular weight is 603 g/mol. The summed E-state index contributed by atoms with van der Waals surface area (Å²) in [7, 11) is 8.13. The van der Waals surface area contributed by atoms with Crippen LogP contribution < -0.4 is 0 Å². The lowest BCUT2D eigenvalue weighted by Gasteiger charge is -2.33. The molecule has 262 valence electrons. The molecule has 0 aromatic rings. The van der Waals surface area contributed by atoms with E-state index in [1.54, 1.807) is 35.5 Å². The fraction of sp³-hybridized carbons (Fsp3) is 1.00. The molecule has 0 aliphatic carbocycles. The molecule has 0 aliphatic rings. The molecule has 0 amide bonds. The van der Waals surface area contributed by atoms with Gasteiger partial charge in [-0.3, -0.25) is 0 Å². The molecular formula is C30H82O10. The van der Waals surface area contributed by atoms with E-state index in [-0.39, 0.29) is 74.3 Å². The van der Waals surface area contributed by atoms with Crippen LogP contribution in [0.15, 0.2) is 0 Å². The van der Waals surface area contributed by atoms with E-state index in [4.69, 9.17) is 47.4 Å². The van der Waals surface area contributed by atoms with Gasteiger partial charge in [-0.1, -0.05) is 74.3 Å². The van der Waals surface area contributed by atoms with Gasteiger partial charge in [-0.05, 0) is 0 Å². The summed E-state index contributed by atoms with van der Waals surface area (Å²) in [5, 5.41) is 0. The molecule has 10 heteroatoms. The van der Waals surface area contributed by atoms with E-state index < -0.39 is 18.3 Å². The summed E-state index contributed by atoms with van der Waals surface area (Å²) in [6.07, 6.45) is -1.24. The summed E-state index contributed by atoms with van der Waals surface area (Å²) in [5.41, 5.74) is 0. The normalized spacial score (nSPS) is 11.0. The Labute approximate surface area is 255 Å². The van der Waals surface area contributed by atoms with Gasteiger partial charge in [0, 0.05) is 35.5 Å². The number of rotatable bonds is 24. The van der Waals surface area contributed by atoms with Gasteiger partial charge in [-0.2, -0.15) is 0 Å². The molecule has 2 unspecified atom stereocenters. The van der Waals surface area contributed by atoms with E-state index in [1.807, 2.05) is 0 Å². The molecule has 0 aromatic heterocycles. The molecule has 0 aromatic carbocycles. The molecule has 40 heavy (non-hydrogen) atoms. The lowest BCUT2D eigenvalue weighted by Crippen LogP contribution is -2.48. The topological polar surface area (TPSA) is 92.3 Å². The maximum atomic E-state index is 6.10. The highest BCUT2D eigenvalue weighted by molar-refractivity contribution is 4.81. The van der Waals surface area contributed by atoms with E-state index >= 15 is 0 Å². The first-order valence-electron chi connectivity index (χ1n) is 10.2. The highest BCUT2D eigenvalue weighted by Crippen LogP contribution is 2.15. The fourth-order valence-corrected chi connectivity index (χ4v) is 2.45. The minimum atomic E-state index is -0.445. The Bertz CT molecular complexity index is 314. The molecule has 0 aliphatic heterocycles. The summed E-state index contributed by atoms with van der Waals surface area (Å²) >= 11 is 0. The quantitative estimate of drug-likeness (QED) is 0.110. The number of hydrogen-bond acceptors (Lipinski definition) is 10. The molecule has 0 bridgehead atoms. The van der Waals surface area contributed by atoms with Crippen LogP contribution in [-0.2, 0) is 47.4 Å². The Morgan fingerprint density at radius 2 is 0.575 bits per heavy atom. The van der Waals surface area contributed by atoms with Crippen LogP contribution in [0.2, 0.25) is 0 Å². The van der Waals surface area contributed by atoms with Crippen molar-refractivity contribution < 1.29 is 47.4 Å². The number of hydrogen-bond donors (Lipinski definition) is 0. The van der Waals surface area contributed by atoms with Crippen LogP contribution in [0.4, 0.5) is 0 Å². The van der Waals surface area contributed by atoms with E-state index in [2.05, 4.69) is 0 Å². The molecule has 0 spiro atoms. The van der Waals surface area contributed by atoms with Crippen LogP contribution in [0.3, 0.4) is 0 Å². The first kappa shape index (κ1) is 72.1. The van der Waals surface area contributed by atoms with Gasteiger partial charge in [0.15, 0.2) is 0 Å². The van der Waals surface area contributed by atoms with Crippen molar-refractivity contribution in [3.63, 3.8) is 0 Å². The van der Waals surface area contributed by atoms with Crippen LogP contribution in [0.25, 0.3) is 0 Å². The van der Waals surface area contributed by atoms with Crippen LogP contribution >= 0.6 is 0 Å². The van der Waals surface area contributed by atoms with E-state index in [1.165, 1.54) is 0 Å². The molecule has 0 saturated carbocycles. The second-order valence-corrected chi connectivity index (χ2v) is 6.27. The van der Waals surface area contributed by atoms with Gasteiger partial charge in [-0.15, -0.1) is 0 Å². The Morgan fingerprint density at radius 3 is 0.850 bits per heavy atom. The summed E-state index contributed by atoms with van der Waals surface area (Å²) in [4.78, 5) is 0. The summed E-state index contributed by atoms with van der Waals surface area (Å²) in [6.45, 7) is 5.05. The summed E-state index contributed by atoms with van der Waals surface area (Å²) < 4.78 is 55.1. The van der Waals surface area contributed by atoms with Gasteiger partial charge < -0.3 is 47.4 Å². The van der Waals surface area contributed by atoms with E-state index in [0.717, 1.165) is 0 Å². The third-order valence-electron chi connectivity index (χ3n) is 4.00. The standard InChI is InChI=1S/C20H42O10.10CH4/c1-21-6-11-26-16-18(28-13-8-23-3)20(30-15-10-25-5)19(29-14-9-24-4)17-27-12-7-22-2;;;;;;;;;;/h18-20H,6-17H2,1-5H3;10*1H4. The lowest BCUT2D eigenvalue weighted by atomic mass is 10.1. The van der Waals surface area contributed by atoms with Gasteiger partial charge in [0.2, 0.25) is 0 Å². The molecule has 0 rings (SSSR count). The maximum absolute atomic E-state index is 6.10. The molecule has 0 fully saturated rings. The average Bonchev–Trinajstić information content (AvgIpc) is 2.75. The highest BCUT2D eigenvalue weighted by Gasteiger charge is 2.33. The van der Waals surface area contributed by atoms with Gasteiger partial charge in [0.1, 0.15) is 18.3 Å². The Hall–Kier alpha value is -0.400. The smallest absolute Gasteiger partial charge is 0.114 e. The summed E-state index contributed by atoms with van der Waals surface area (Å²) in [6, 6.07) is 0. The zero-order valence-corrected chi connectivity index (χ0v) is 19.3. The van der Waals surface area contributed by atoms with Crippen LogP contribution in [0.1, 0.15) is 74.3 Å². The van der Waals surface area contributed by atoms with Crippen LogP contribution in [-0.4, -0.2) is 133 Å². The van der Waals surface area contributed by atoms with Crippen molar-refractivity contribution in [2.24, 2.45) is 0 Å². The minimum Gasteiger partial charge on any atom is -0.382 e. The number of ether oxygens (including phenoxy) is 10. The predicted octanol–water partition coefficient (Wildman–Crippen LogP) is 6.77. The largest absolute Gasteiger partial charge is 0.382 e. The van der Waals surface area contributed by atoms with Crippen LogP contribution in [0.5, 0.6) is 0 Å². The van der Waals surface area contributed by atoms with Crippen molar-refractivity contribution in [1.29, 1.82) is 0 Å². The van der Waals surface area contributed by atoms with Gasteiger partial charge in [-0.25, -0.2) is 0 Å². The van der Waals surface area contributed by atoms with Crippen molar-refractivity contribution >= 4 is 0 Å². The third kappa shape index (κ3) is 42.1. The molecular weight excluding hydrogens is 520 g/mol. The molecule has 0 heterocycles. The van der Waals surface area contributed by atoms with E-state index in [9.17, 15) is 0 Å². The van der Waals surface area contributed by atoms with Crippen molar-refractivity contribution in [3.05, 3.63) is 0 Å². The Morgan fingerprint density at radius 1 is 0.325 bits per heavy atom. The van der Waals surface area contributed by atoms with Gasteiger partial charge >= 0.3 is 0 Å². The van der Waals surface area contributed by atoms with E-state index in [0.29, 0.717) is 79.3 Å². The van der Waals surface area contributed by atoms with Crippen molar-refractivity contribution in [3.8, 4) is 0 Å². The second kappa shape index (κ2) is 58.3. The predicted molar refractivity (Wildman–Crippen MR) is 178 cm³/mol. The Kier molecular flexibility index (Phi) is 105. The Balaban J connectivity index is -0.0000000934. The third-order valence-corrected chi connectivity index (χ3v) is 4.00. The van der Waals surface area contributed by atoms with Crippen molar-refractivity contribution in [2.75, 3.05) is 115 Å². The van der Waals surface area contributed by atoms with Crippen molar-refractivity contribution in [2.45, 2.75) is 92.6 Å². The molecule has 0 N–H and O–H groups in total. The minimum absolute atomic E-state index is 0. The monoisotopic (exact) mass is 603 g/mol. The zero-order chi connectivity index (χ0) is 22.3. The van der Waals surface area contributed by atoms with Gasteiger partial charge in [0.05, 0.1) is 79.3 Å². The molecule has 0 saturated heterocycles. The first-order chi connectivity index (χ1) is 14.7. The molecule has 0 radical (unpaired) electrons. The molecule has 10 nitrogen and oxygen atoms in total. The van der Waals surface area contributed by atoms with Crippen molar-refractivity contribution in [1.82, 2.24) is 0 Å². The number of methoxy groups -OCH3 is 5. The maximum Gasteiger partial charge on any atom is 0.114 e. The SMILES string of the molecule is C.C.C.C.C.C.C.C.C.C.COCCOCC(OCCOC)C(OCCOC)C(COCCOC)OCCOC. The summed E-state index contributed by atoms with van der Waals surface area (Å²) in [5.74, 6) is 0. The molecule has 2 atom stereocenters. The fourth-order valence-electron chi connectivity index (χ4n) is 2.45.